The molecule has 0 atom stereocenters. The lowest BCUT2D eigenvalue weighted by Gasteiger charge is -2.12. The smallest absolute Gasteiger partial charge is 0.295 e. The second-order valence-electron chi connectivity index (χ2n) is 6.56. The van der Waals surface area contributed by atoms with Crippen LogP contribution in [0.4, 0.5) is 17.1 Å². The van der Waals surface area contributed by atoms with Gasteiger partial charge in [-0.05, 0) is 48.9 Å². The SMILES string of the molecule is COc1ccccc1NS(=O)(=O)c1ccc(NN=C(C)c2ccc(Cl)cc2)c([N+](=O)[O-])c1. The lowest BCUT2D eigenvalue weighted by atomic mass is 10.1. The number of anilines is 2. The first-order valence-corrected chi connectivity index (χ1v) is 11.1. The van der Waals surface area contributed by atoms with Crippen LogP contribution in [0.2, 0.25) is 5.02 Å². The van der Waals surface area contributed by atoms with Gasteiger partial charge in [-0.2, -0.15) is 5.10 Å². The van der Waals surface area contributed by atoms with E-state index < -0.39 is 20.6 Å². The molecule has 0 amide bonds. The zero-order valence-electron chi connectivity index (χ0n) is 17.1. The summed E-state index contributed by atoms with van der Waals surface area (Å²) in [6, 6.07) is 16.9. The third kappa shape index (κ3) is 5.34. The van der Waals surface area contributed by atoms with Crippen LogP contribution in [0.5, 0.6) is 5.75 Å². The van der Waals surface area contributed by atoms with E-state index in [0.29, 0.717) is 16.5 Å². The molecule has 0 aliphatic rings. The van der Waals surface area contributed by atoms with Gasteiger partial charge in [0.05, 0.1) is 28.3 Å². The van der Waals surface area contributed by atoms with E-state index in [2.05, 4.69) is 15.2 Å². The zero-order valence-corrected chi connectivity index (χ0v) is 18.6. The number of hydrazone groups is 1. The Morgan fingerprint density at radius 2 is 1.75 bits per heavy atom. The average molecular weight is 475 g/mol. The summed E-state index contributed by atoms with van der Waals surface area (Å²) >= 11 is 5.87. The molecule has 3 rings (SSSR count). The summed E-state index contributed by atoms with van der Waals surface area (Å²) in [5.74, 6) is 0.316. The maximum absolute atomic E-state index is 12.8. The van der Waals surface area contributed by atoms with Gasteiger partial charge in [-0.1, -0.05) is 35.9 Å². The minimum absolute atomic E-state index is 0.0413. The van der Waals surface area contributed by atoms with Crippen LogP contribution in [-0.4, -0.2) is 26.2 Å². The second kappa shape index (κ2) is 9.67. The van der Waals surface area contributed by atoms with Gasteiger partial charge in [0.15, 0.2) is 0 Å². The molecular weight excluding hydrogens is 456 g/mol. The minimum Gasteiger partial charge on any atom is -0.495 e. The van der Waals surface area contributed by atoms with Crippen LogP contribution in [0.1, 0.15) is 12.5 Å². The first-order chi connectivity index (χ1) is 15.2. The molecule has 3 aromatic rings. The second-order valence-corrected chi connectivity index (χ2v) is 8.68. The molecule has 166 valence electrons. The third-order valence-corrected chi connectivity index (χ3v) is 6.05. The van der Waals surface area contributed by atoms with Gasteiger partial charge in [-0.25, -0.2) is 8.42 Å². The molecule has 0 radical (unpaired) electrons. The van der Waals surface area contributed by atoms with Crippen LogP contribution >= 0.6 is 11.6 Å². The van der Waals surface area contributed by atoms with Crippen molar-refractivity contribution in [3.8, 4) is 5.75 Å². The normalized spacial score (nSPS) is 11.7. The molecule has 11 heteroatoms. The number of hydrogen-bond donors (Lipinski definition) is 2. The number of rotatable bonds is 8. The highest BCUT2D eigenvalue weighted by Crippen LogP contribution is 2.30. The first kappa shape index (κ1) is 23.0. The number of sulfonamides is 1. The highest BCUT2D eigenvalue weighted by Gasteiger charge is 2.22. The van der Waals surface area contributed by atoms with Gasteiger partial charge in [-0.15, -0.1) is 0 Å². The first-order valence-electron chi connectivity index (χ1n) is 9.22. The summed E-state index contributed by atoms with van der Waals surface area (Å²) in [6.07, 6.45) is 0. The molecule has 3 aromatic carbocycles. The molecule has 0 aliphatic carbocycles. The van der Waals surface area contributed by atoms with Crippen molar-refractivity contribution in [3.63, 3.8) is 0 Å². The molecular formula is C21H19ClN4O5S. The van der Waals surface area contributed by atoms with Gasteiger partial charge in [0.2, 0.25) is 0 Å². The Hall–Kier alpha value is -3.63. The third-order valence-electron chi connectivity index (χ3n) is 4.43. The summed E-state index contributed by atoms with van der Waals surface area (Å²) in [6.45, 7) is 1.72. The van der Waals surface area contributed by atoms with Crippen LogP contribution in [0.15, 0.2) is 76.7 Å². The van der Waals surface area contributed by atoms with E-state index in [1.165, 1.54) is 25.3 Å². The number of methoxy groups -OCH3 is 1. The Morgan fingerprint density at radius 3 is 2.41 bits per heavy atom. The summed E-state index contributed by atoms with van der Waals surface area (Å²) < 4.78 is 33.1. The lowest BCUT2D eigenvalue weighted by Crippen LogP contribution is -2.14. The van der Waals surface area contributed by atoms with E-state index in [1.54, 1.807) is 49.4 Å². The largest absolute Gasteiger partial charge is 0.495 e. The monoisotopic (exact) mass is 474 g/mol. The minimum atomic E-state index is -4.11. The van der Waals surface area contributed by atoms with Crippen molar-refractivity contribution in [1.29, 1.82) is 0 Å². The van der Waals surface area contributed by atoms with Crippen molar-refractivity contribution in [1.82, 2.24) is 0 Å². The Labute approximate surface area is 189 Å². The molecule has 32 heavy (non-hydrogen) atoms. The van der Waals surface area contributed by atoms with Gasteiger partial charge < -0.3 is 4.74 Å². The molecule has 0 saturated heterocycles. The zero-order chi connectivity index (χ0) is 23.3. The maximum Gasteiger partial charge on any atom is 0.295 e. The molecule has 0 spiro atoms. The molecule has 0 bridgehead atoms. The van der Waals surface area contributed by atoms with E-state index >= 15 is 0 Å². The predicted molar refractivity (Wildman–Crippen MR) is 124 cm³/mol. The Morgan fingerprint density at radius 1 is 1.06 bits per heavy atom. The number of nitro benzene ring substituents is 1. The van der Waals surface area contributed by atoms with Gasteiger partial charge in [0.25, 0.3) is 15.7 Å². The van der Waals surface area contributed by atoms with Crippen molar-refractivity contribution < 1.29 is 18.1 Å². The maximum atomic E-state index is 12.8. The van der Waals surface area contributed by atoms with Crippen molar-refractivity contribution >= 4 is 44.4 Å². The molecule has 0 aliphatic heterocycles. The fraction of sp³-hybridized carbons (Fsp3) is 0.0952. The van der Waals surface area contributed by atoms with Crippen molar-refractivity contribution in [2.45, 2.75) is 11.8 Å². The summed E-state index contributed by atoms with van der Waals surface area (Å²) in [5, 5.41) is 16.3. The van der Waals surface area contributed by atoms with Gasteiger partial charge in [0.1, 0.15) is 11.4 Å². The number of halogens is 1. The number of benzene rings is 3. The van der Waals surface area contributed by atoms with E-state index in [1.807, 2.05) is 0 Å². The van der Waals surface area contributed by atoms with Crippen LogP contribution < -0.4 is 14.9 Å². The van der Waals surface area contributed by atoms with Crippen LogP contribution in [0.3, 0.4) is 0 Å². The Bertz CT molecular complexity index is 1280. The molecule has 0 aromatic heterocycles. The number of para-hydroxylation sites is 2. The molecule has 0 heterocycles. The topological polar surface area (TPSA) is 123 Å². The molecule has 0 saturated carbocycles. The van der Waals surface area contributed by atoms with Gasteiger partial charge in [0, 0.05) is 11.1 Å². The molecule has 0 fully saturated rings. The van der Waals surface area contributed by atoms with Crippen molar-refractivity contribution in [2.24, 2.45) is 5.10 Å². The van der Waals surface area contributed by atoms with Gasteiger partial charge >= 0.3 is 0 Å². The summed E-state index contributed by atoms with van der Waals surface area (Å²) in [7, 11) is -2.70. The van der Waals surface area contributed by atoms with Crippen molar-refractivity contribution in [2.75, 3.05) is 17.3 Å². The van der Waals surface area contributed by atoms with E-state index in [9.17, 15) is 18.5 Å². The van der Waals surface area contributed by atoms with E-state index in [-0.39, 0.29) is 16.3 Å². The number of ether oxygens (including phenoxy) is 1. The summed E-state index contributed by atoms with van der Waals surface area (Å²) in [5.41, 5.74) is 3.77. The molecule has 9 nitrogen and oxygen atoms in total. The van der Waals surface area contributed by atoms with Gasteiger partial charge in [-0.3, -0.25) is 20.3 Å². The Balaban J connectivity index is 1.89. The number of nitrogens with one attached hydrogen (secondary N) is 2. The molecule has 2 N–H and O–H groups in total. The molecule has 0 unspecified atom stereocenters. The van der Waals surface area contributed by atoms with Crippen LogP contribution in [0.25, 0.3) is 0 Å². The lowest BCUT2D eigenvalue weighted by molar-refractivity contribution is -0.384. The van der Waals surface area contributed by atoms with Crippen LogP contribution in [-0.2, 0) is 10.0 Å². The fourth-order valence-corrected chi connectivity index (χ4v) is 3.97. The van der Waals surface area contributed by atoms with E-state index in [0.717, 1.165) is 11.6 Å². The highest BCUT2D eigenvalue weighted by molar-refractivity contribution is 7.92. The quantitative estimate of drug-likeness (QED) is 0.272. The van der Waals surface area contributed by atoms with Crippen LogP contribution in [0, 0.1) is 10.1 Å². The predicted octanol–water partition coefficient (Wildman–Crippen LogP) is 4.89. The number of nitro groups is 1. The standard InChI is InChI=1S/C21H19ClN4O5S/c1-14(15-7-9-16(22)10-8-15)23-24-18-12-11-17(13-20(18)26(27)28)32(29,30)25-19-5-3-4-6-21(19)31-2/h3-13,24-25H,1-2H3. The number of nitrogens with zero attached hydrogens (tertiary/aromatic N) is 2. The summed E-state index contributed by atoms with van der Waals surface area (Å²) in [4.78, 5) is 10.6. The average Bonchev–Trinajstić information content (AvgIpc) is 2.77. The fourth-order valence-electron chi connectivity index (χ4n) is 2.76. The number of hydrogen-bond acceptors (Lipinski definition) is 7. The Kier molecular flexibility index (Phi) is 6.96. The highest BCUT2D eigenvalue weighted by atomic mass is 35.5. The van der Waals surface area contributed by atoms with E-state index in [4.69, 9.17) is 16.3 Å². The van der Waals surface area contributed by atoms with Crippen molar-refractivity contribution in [3.05, 3.63) is 87.4 Å².